The lowest BCUT2D eigenvalue weighted by atomic mass is 9.72. The van der Waals surface area contributed by atoms with Gasteiger partial charge in [0.05, 0.1) is 0 Å². The Bertz CT molecular complexity index is 387. The van der Waals surface area contributed by atoms with Crippen LogP contribution in [0.5, 0.6) is 0 Å². The fraction of sp³-hybridized carbons (Fsp3) is 0.941. The summed E-state index contributed by atoms with van der Waals surface area (Å²) in [5, 5.41) is 3.26. The molecule has 3 rings (SSSR count). The molecule has 2 saturated heterocycles. The van der Waals surface area contributed by atoms with Crippen molar-refractivity contribution >= 4 is 6.03 Å². The Hall–Kier alpha value is -0.810. The third-order valence-electron chi connectivity index (χ3n) is 5.86. The quantitative estimate of drug-likeness (QED) is 0.866. The first kappa shape index (κ1) is 16.1. The highest BCUT2D eigenvalue weighted by Gasteiger charge is 2.48. The Morgan fingerprint density at radius 1 is 1.27 bits per heavy atom. The molecule has 0 aromatic rings. The lowest BCUT2D eigenvalue weighted by molar-refractivity contribution is -0.00397. The lowest BCUT2D eigenvalue weighted by Gasteiger charge is -2.38. The van der Waals surface area contributed by atoms with E-state index >= 15 is 0 Å². The van der Waals surface area contributed by atoms with E-state index in [0.717, 1.165) is 58.5 Å². The molecule has 0 radical (unpaired) electrons. The SMILES string of the molecule is CN(C)C[C@@H]1CN(C(=O)NC2CCCC2)CC12CCOCC2. The fourth-order valence-corrected chi connectivity index (χ4v) is 4.56. The van der Waals surface area contributed by atoms with Crippen molar-refractivity contribution in [3.8, 4) is 0 Å². The minimum atomic E-state index is 0.166. The van der Waals surface area contributed by atoms with Gasteiger partial charge in [-0.15, -0.1) is 0 Å². The molecule has 22 heavy (non-hydrogen) atoms. The highest BCUT2D eigenvalue weighted by molar-refractivity contribution is 5.75. The monoisotopic (exact) mass is 309 g/mol. The Labute approximate surface area is 134 Å². The Morgan fingerprint density at radius 3 is 2.59 bits per heavy atom. The molecule has 2 amide bonds. The fourth-order valence-electron chi connectivity index (χ4n) is 4.56. The van der Waals surface area contributed by atoms with Crippen LogP contribution in [0.25, 0.3) is 0 Å². The normalized spacial score (nSPS) is 28.7. The minimum Gasteiger partial charge on any atom is -0.381 e. The molecule has 5 heteroatoms. The summed E-state index contributed by atoms with van der Waals surface area (Å²) < 4.78 is 5.58. The maximum atomic E-state index is 12.6. The van der Waals surface area contributed by atoms with Crippen LogP contribution in [0.3, 0.4) is 0 Å². The molecular weight excluding hydrogens is 278 g/mol. The van der Waals surface area contributed by atoms with Gasteiger partial charge in [-0.05, 0) is 51.1 Å². The van der Waals surface area contributed by atoms with E-state index < -0.39 is 0 Å². The standard InChI is InChI=1S/C17H31N3O2/c1-19(2)11-14-12-20(13-17(14)7-9-22-10-8-17)16(21)18-15-5-3-4-6-15/h14-15H,3-13H2,1-2H3,(H,18,21)/t14-/m1/s1. The summed E-state index contributed by atoms with van der Waals surface area (Å²) in [4.78, 5) is 17.0. The van der Waals surface area contributed by atoms with Gasteiger partial charge in [0.25, 0.3) is 0 Å². The maximum Gasteiger partial charge on any atom is 0.317 e. The van der Waals surface area contributed by atoms with Crippen LogP contribution in [0.4, 0.5) is 4.79 Å². The van der Waals surface area contributed by atoms with E-state index in [1.165, 1.54) is 12.8 Å². The van der Waals surface area contributed by atoms with Crippen molar-refractivity contribution < 1.29 is 9.53 Å². The number of hydrogen-bond donors (Lipinski definition) is 1. The van der Waals surface area contributed by atoms with Crippen LogP contribution in [0.15, 0.2) is 0 Å². The first-order valence-corrected chi connectivity index (χ1v) is 8.87. The first-order chi connectivity index (χ1) is 10.6. The van der Waals surface area contributed by atoms with Crippen LogP contribution >= 0.6 is 0 Å². The summed E-state index contributed by atoms with van der Waals surface area (Å²) in [7, 11) is 4.27. The van der Waals surface area contributed by atoms with E-state index in [1.807, 2.05) is 0 Å². The average Bonchev–Trinajstić information content (AvgIpc) is 3.09. The molecule has 2 heterocycles. The zero-order valence-electron chi connectivity index (χ0n) is 14.1. The van der Waals surface area contributed by atoms with E-state index in [0.29, 0.717) is 12.0 Å². The van der Waals surface area contributed by atoms with Crippen molar-refractivity contribution in [1.29, 1.82) is 0 Å². The Morgan fingerprint density at radius 2 is 1.95 bits per heavy atom. The second-order valence-corrected chi connectivity index (χ2v) is 7.75. The second-order valence-electron chi connectivity index (χ2n) is 7.75. The molecule has 0 bridgehead atoms. The number of ether oxygens (including phenoxy) is 1. The molecule has 5 nitrogen and oxygen atoms in total. The van der Waals surface area contributed by atoms with Gasteiger partial charge in [-0.2, -0.15) is 0 Å². The smallest absolute Gasteiger partial charge is 0.317 e. The number of nitrogens with zero attached hydrogens (tertiary/aromatic N) is 2. The van der Waals surface area contributed by atoms with E-state index in [9.17, 15) is 4.79 Å². The Balaban J connectivity index is 1.64. The van der Waals surface area contributed by atoms with Gasteiger partial charge in [0, 0.05) is 38.9 Å². The molecule has 1 aliphatic carbocycles. The summed E-state index contributed by atoms with van der Waals surface area (Å²) in [6, 6.07) is 0.574. The van der Waals surface area contributed by atoms with Crippen molar-refractivity contribution in [2.45, 2.75) is 44.6 Å². The molecule has 0 unspecified atom stereocenters. The summed E-state index contributed by atoms with van der Waals surface area (Å²) in [6.07, 6.45) is 7.02. The van der Waals surface area contributed by atoms with Gasteiger partial charge in [0.1, 0.15) is 0 Å². The second kappa shape index (κ2) is 6.75. The van der Waals surface area contributed by atoms with E-state index in [4.69, 9.17) is 4.74 Å². The third-order valence-corrected chi connectivity index (χ3v) is 5.86. The largest absolute Gasteiger partial charge is 0.381 e. The molecular formula is C17H31N3O2. The molecule has 0 aromatic carbocycles. The van der Waals surface area contributed by atoms with E-state index in [1.54, 1.807) is 0 Å². The summed E-state index contributed by atoms with van der Waals surface area (Å²) >= 11 is 0. The van der Waals surface area contributed by atoms with Gasteiger partial charge >= 0.3 is 6.03 Å². The zero-order valence-corrected chi connectivity index (χ0v) is 14.1. The summed E-state index contributed by atoms with van der Waals surface area (Å²) in [5.74, 6) is 0.570. The molecule has 1 atom stereocenters. The molecule has 1 N–H and O–H groups in total. The van der Waals surface area contributed by atoms with Crippen molar-refractivity contribution in [3.63, 3.8) is 0 Å². The molecule has 1 spiro atoms. The van der Waals surface area contributed by atoms with Crippen LogP contribution < -0.4 is 5.32 Å². The first-order valence-electron chi connectivity index (χ1n) is 8.87. The van der Waals surface area contributed by atoms with Gasteiger partial charge in [-0.1, -0.05) is 12.8 Å². The van der Waals surface area contributed by atoms with Gasteiger partial charge in [-0.3, -0.25) is 0 Å². The maximum absolute atomic E-state index is 12.6. The number of likely N-dealkylation sites (tertiary alicyclic amines) is 1. The number of nitrogens with one attached hydrogen (secondary N) is 1. The van der Waals surface area contributed by atoms with Crippen molar-refractivity contribution in [2.75, 3.05) is 46.9 Å². The van der Waals surface area contributed by atoms with Crippen LogP contribution in [0.2, 0.25) is 0 Å². The van der Waals surface area contributed by atoms with Crippen LogP contribution in [-0.4, -0.2) is 68.8 Å². The highest BCUT2D eigenvalue weighted by Crippen LogP contribution is 2.44. The van der Waals surface area contributed by atoms with Crippen LogP contribution in [-0.2, 0) is 4.74 Å². The molecule has 126 valence electrons. The Kier molecular flexibility index (Phi) is 4.93. The van der Waals surface area contributed by atoms with Crippen LogP contribution in [0.1, 0.15) is 38.5 Å². The number of rotatable bonds is 3. The van der Waals surface area contributed by atoms with Gasteiger partial charge in [-0.25, -0.2) is 4.79 Å². The molecule has 3 fully saturated rings. The molecule has 0 aromatic heterocycles. The minimum absolute atomic E-state index is 0.166. The van der Waals surface area contributed by atoms with Crippen LogP contribution in [0, 0.1) is 11.3 Å². The van der Waals surface area contributed by atoms with Gasteiger partial charge in [0.15, 0.2) is 0 Å². The summed E-state index contributed by atoms with van der Waals surface area (Å²) in [5.41, 5.74) is 0.273. The number of carbonyl (C=O) groups excluding carboxylic acids is 1. The molecule has 1 saturated carbocycles. The van der Waals surface area contributed by atoms with Gasteiger partial charge < -0.3 is 19.9 Å². The van der Waals surface area contributed by atoms with Crippen molar-refractivity contribution in [2.24, 2.45) is 11.3 Å². The lowest BCUT2D eigenvalue weighted by Crippen LogP contribution is -2.44. The highest BCUT2D eigenvalue weighted by atomic mass is 16.5. The number of urea groups is 1. The van der Waals surface area contributed by atoms with E-state index in [2.05, 4.69) is 29.2 Å². The van der Waals surface area contributed by atoms with Crippen molar-refractivity contribution in [1.82, 2.24) is 15.1 Å². The molecule has 3 aliphatic rings. The topological polar surface area (TPSA) is 44.8 Å². The number of carbonyl (C=O) groups is 1. The van der Waals surface area contributed by atoms with E-state index in [-0.39, 0.29) is 11.4 Å². The molecule has 2 aliphatic heterocycles. The third kappa shape index (κ3) is 3.40. The zero-order chi connectivity index (χ0) is 15.6. The number of hydrogen-bond acceptors (Lipinski definition) is 3. The average molecular weight is 309 g/mol. The number of amides is 2. The summed E-state index contributed by atoms with van der Waals surface area (Å²) in [6.45, 7) is 4.57. The van der Waals surface area contributed by atoms with Gasteiger partial charge in [0.2, 0.25) is 0 Å². The van der Waals surface area contributed by atoms with Crippen molar-refractivity contribution in [3.05, 3.63) is 0 Å². The predicted molar refractivity (Wildman–Crippen MR) is 86.9 cm³/mol. The predicted octanol–water partition coefficient (Wildman–Crippen LogP) is 1.93.